The third-order valence-electron chi connectivity index (χ3n) is 7.98. The highest BCUT2D eigenvalue weighted by Crippen LogP contribution is 2.46. The number of hydrogen-bond donors (Lipinski definition) is 1. The van der Waals surface area contributed by atoms with Crippen LogP contribution in [0.2, 0.25) is 10.0 Å². The first kappa shape index (κ1) is 27.1. The van der Waals surface area contributed by atoms with Gasteiger partial charge in [0.1, 0.15) is 11.5 Å². The van der Waals surface area contributed by atoms with Crippen molar-refractivity contribution in [3.8, 4) is 11.3 Å². The number of urea groups is 1. The molecule has 2 amide bonds. The van der Waals surface area contributed by atoms with Gasteiger partial charge in [-0.25, -0.2) is 9.59 Å². The number of aromatic nitrogens is 1. The predicted octanol–water partition coefficient (Wildman–Crippen LogP) is 7.45. The number of nitrogens with zero attached hydrogens (tertiary/aromatic N) is 2. The third kappa shape index (κ3) is 5.45. The van der Waals surface area contributed by atoms with Gasteiger partial charge in [0.25, 0.3) is 0 Å². The summed E-state index contributed by atoms with van der Waals surface area (Å²) in [5.41, 5.74) is 3.19. The van der Waals surface area contributed by atoms with Gasteiger partial charge in [-0.2, -0.15) is 0 Å². The maximum absolute atomic E-state index is 13.3. The molecule has 0 spiro atoms. The van der Waals surface area contributed by atoms with Crippen molar-refractivity contribution >= 4 is 40.9 Å². The van der Waals surface area contributed by atoms with Crippen molar-refractivity contribution in [3.05, 3.63) is 69.4 Å². The van der Waals surface area contributed by atoms with E-state index < -0.39 is 5.97 Å². The molecule has 3 aliphatic rings. The molecule has 3 fully saturated rings. The second-order valence-electron chi connectivity index (χ2n) is 10.7. The molecule has 10 heteroatoms. The molecule has 2 aliphatic heterocycles. The molecule has 1 aromatic heterocycles. The fourth-order valence-electron chi connectivity index (χ4n) is 5.97. The molecule has 3 aromatic rings. The van der Waals surface area contributed by atoms with Crippen molar-refractivity contribution in [2.24, 2.45) is 0 Å². The number of nitrogens with one attached hydrogen (secondary N) is 1. The zero-order valence-electron chi connectivity index (χ0n) is 22.2. The highest BCUT2D eigenvalue weighted by atomic mass is 35.5. The Labute approximate surface area is 242 Å². The molecule has 1 N–H and O–H groups in total. The van der Waals surface area contributed by atoms with Gasteiger partial charge in [0.2, 0.25) is 0 Å². The maximum atomic E-state index is 13.3. The van der Waals surface area contributed by atoms with Crippen LogP contribution in [0.15, 0.2) is 47.0 Å². The van der Waals surface area contributed by atoms with Crippen molar-refractivity contribution in [1.29, 1.82) is 0 Å². The van der Waals surface area contributed by atoms with E-state index in [4.69, 9.17) is 37.2 Å². The molecule has 2 bridgehead atoms. The topological polar surface area (TPSA) is 93.9 Å². The standard InChI is InChI=1S/C30H31Cl2N3O5/c1-2-38-29(36)18-5-3-6-19(13-18)33-30(37)35-20-11-12-21(35)15-22(14-20)39-16-23-27(34-40-28(23)17-9-10-17)26-24(31)7-4-8-25(26)32/h3-8,13,17,20-22H,2,9-12,14-16H2,1H3,(H,33,37)/t20-,21?,22?/m0/s1. The van der Waals surface area contributed by atoms with Crippen LogP contribution in [0.1, 0.15) is 73.0 Å². The van der Waals surface area contributed by atoms with E-state index in [-0.39, 0.29) is 24.2 Å². The Morgan fingerprint density at radius 1 is 1.05 bits per heavy atom. The minimum atomic E-state index is -0.408. The van der Waals surface area contributed by atoms with Gasteiger partial charge in [-0.3, -0.25) is 0 Å². The SMILES string of the molecule is CCOC(=O)c1cccc(NC(=O)N2C3CC[C@H]2CC(OCc2c(-c4c(Cl)cccc4Cl)noc2C2CC2)C3)c1. The smallest absolute Gasteiger partial charge is 0.338 e. The van der Waals surface area contributed by atoms with E-state index in [1.807, 2.05) is 11.0 Å². The summed E-state index contributed by atoms with van der Waals surface area (Å²) < 4.78 is 17.3. The molecule has 3 atom stereocenters. The Morgan fingerprint density at radius 2 is 1.75 bits per heavy atom. The summed E-state index contributed by atoms with van der Waals surface area (Å²) in [5.74, 6) is 0.801. The second kappa shape index (κ2) is 11.4. The Kier molecular flexibility index (Phi) is 7.75. The number of hydrogen-bond acceptors (Lipinski definition) is 6. The minimum absolute atomic E-state index is 0.00483. The molecule has 2 unspecified atom stereocenters. The Hall–Kier alpha value is -3.07. The molecular weight excluding hydrogens is 553 g/mol. The van der Waals surface area contributed by atoms with Crippen molar-refractivity contribution in [2.45, 2.75) is 76.2 Å². The van der Waals surface area contributed by atoms with Gasteiger partial charge >= 0.3 is 12.0 Å². The summed E-state index contributed by atoms with van der Waals surface area (Å²) in [6, 6.07) is 12.2. The van der Waals surface area contributed by atoms with Crippen LogP contribution in [0.4, 0.5) is 10.5 Å². The van der Waals surface area contributed by atoms with Crippen molar-refractivity contribution in [1.82, 2.24) is 10.1 Å². The number of piperidine rings is 1. The molecule has 40 heavy (non-hydrogen) atoms. The van der Waals surface area contributed by atoms with Crippen molar-refractivity contribution in [2.75, 3.05) is 11.9 Å². The minimum Gasteiger partial charge on any atom is -0.462 e. The van der Waals surface area contributed by atoms with Crippen LogP contribution in [0.3, 0.4) is 0 Å². The molecule has 8 nitrogen and oxygen atoms in total. The van der Waals surface area contributed by atoms with Gasteiger partial charge in [0.15, 0.2) is 0 Å². The number of ether oxygens (including phenoxy) is 2. The highest BCUT2D eigenvalue weighted by Gasteiger charge is 2.44. The summed E-state index contributed by atoms with van der Waals surface area (Å²) in [5, 5.41) is 8.38. The van der Waals surface area contributed by atoms with E-state index in [0.29, 0.717) is 51.7 Å². The van der Waals surface area contributed by atoms with Crippen molar-refractivity contribution in [3.63, 3.8) is 0 Å². The first-order valence-electron chi connectivity index (χ1n) is 13.8. The van der Waals surface area contributed by atoms with E-state index in [0.717, 1.165) is 49.8 Å². The van der Waals surface area contributed by atoms with Crippen LogP contribution in [0.5, 0.6) is 0 Å². The lowest BCUT2D eigenvalue weighted by atomic mass is 9.99. The summed E-state index contributed by atoms with van der Waals surface area (Å²) in [6.07, 6.45) is 5.50. The first-order valence-corrected chi connectivity index (χ1v) is 14.6. The van der Waals surface area contributed by atoms with Crippen LogP contribution in [0, 0.1) is 0 Å². The fourth-order valence-corrected chi connectivity index (χ4v) is 6.55. The molecular formula is C30H31Cl2N3O5. The number of esters is 1. The quantitative estimate of drug-likeness (QED) is 0.277. The molecule has 2 saturated heterocycles. The van der Waals surface area contributed by atoms with Gasteiger partial charge in [-0.05, 0) is 75.8 Å². The monoisotopic (exact) mass is 583 g/mol. The van der Waals surface area contributed by atoms with Gasteiger partial charge < -0.3 is 24.2 Å². The lowest BCUT2D eigenvalue weighted by molar-refractivity contribution is -0.0158. The van der Waals surface area contributed by atoms with Crippen LogP contribution < -0.4 is 5.32 Å². The number of anilines is 1. The van der Waals surface area contributed by atoms with Gasteiger partial charge in [-0.15, -0.1) is 0 Å². The van der Waals surface area contributed by atoms with Crippen LogP contribution >= 0.6 is 23.2 Å². The Balaban J connectivity index is 1.12. The number of amides is 2. The molecule has 1 saturated carbocycles. The highest BCUT2D eigenvalue weighted by molar-refractivity contribution is 6.39. The molecule has 6 rings (SSSR count). The molecule has 210 valence electrons. The average molecular weight is 585 g/mol. The third-order valence-corrected chi connectivity index (χ3v) is 8.61. The van der Waals surface area contributed by atoms with Crippen LogP contribution in [0.25, 0.3) is 11.3 Å². The number of benzene rings is 2. The lowest BCUT2D eigenvalue weighted by Gasteiger charge is -2.38. The zero-order valence-corrected chi connectivity index (χ0v) is 23.7. The average Bonchev–Trinajstić information content (AvgIpc) is 3.64. The molecule has 3 heterocycles. The Morgan fingerprint density at radius 3 is 2.42 bits per heavy atom. The van der Waals surface area contributed by atoms with Crippen LogP contribution in [-0.2, 0) is 16.1 Å². The summed E-state index contributed by atoms with van der Waals surface area (Å²) in [4.78, 5) is 27.3. The Bertz CT molecular complexity index is 1390. The first-order chi connectivity index (χ1) is 19.4. The molecule has 2 aromatic carbocycles. The van der Waals surface area contributed by atoms with Crippen LogP contribution in [-0.4, -0.2) is 46.9 Å². The summed E-state index contributed by atoms with van der Waals surface area (Å²) >= 11 is 13.0. The van der Waals surface area contributed by atoms with E-state index in [1.54, 1.807) is 43.3 Å². The number of halogens is 2. The lowest BCUT2D eigenvalue weighted by Crippen LogP contribution is -2.50. The normalized spacial score (nSPS) is 21.9. The van der Waals surface area contributed by atoms with E-state index >= 15 is 0 Å². The summed E-state index contributed by atoms with van der Waals surface area (Å²) in [6.45, 7) is 2.41. The van der Waals surface area contributed by atoms with Gasteiger partial charge in [0, 0.05) is 34.8 Å². The number of rotatable bonds is 8. The van der Waals surface area contributed by atoms with E-state index in [9.17, 15) is 9.59 Å². The number of fused-ring (bicyclic) bond motifs is 2. The zero-order chi connectivity index (χ0) is 27.8. The molecule has 0 radical (unpaired) electrons. The van der Waals surface area contributed by atoms with Crippen molar-refractivity contribution < 1.29 is 23.6 Å². The second-order valence-corrected chi connectivity index (χ2v) is 11.5. The van der Waals surface area contributed by atoms with E-state index in [2.05, 4.69) is 10.5 Å². The predicted molar refractivity (Wildman–Crippen MR) is 152 cm³/mol. The number of carbonyl (C=O) groups is 2. The van der Waals surface area contributed by atoms with Gasteiger partial charge in [0.05, 0.1) is 34.9 Å². The summed E-state index contributed by atoms with van der Waals surface area (Å²) in [7, 11) is 0. The largest absolute Gasteiger partial charge is 0.462 e. The molecule has 1 aliphatic carbocycles. The fraction of sp³-hybridized carbons (Fsp3) is 0.433. The number of carbonyl (C=O) groups excluding carboxylic acids is 2. The van der Waals surface area contributed by atoms with Gasteiger partial charge in [-0.1, -0.05) is 40.5 Å². The van der Waals surface area contributed by atoms with E-state index in [1.165, 1.54) is 0 Å². The maximum Gasteiger partial charge on any atom is 0.338 e.